The van der Waals surface area contributed by atoms with Crippen LogP contribution >= 0.6 is 0 Å². The summed E-state index contributed by atoms with van der Waals surface area (Å²) < 4.78 is 0. The van der Waals surface area contributed by atoms with Gasteiger partial charge in [0.25, 0.3) is 5.91 Å². The Morgan fingerprint density at radius 3 is 2.67 bits per heavy atom. The summed E-state index contributed by atoms with van der Waals surface area (Å²) in [5, 5.41) is 9.47. The minimum absolute atomic E-state index is 0.110. The van der Waals surface area contributed by atoms with Crippen LogP contribution in [0.25, 0.3) is 0 Å². The van der Waals surface area contributed by atoms with Crippen LogP contribution in [0.15, 0.2) is 18.2 Å². The quantitative estimate of drug-likeness (QED) is 0.637. The molecule has 30 heavy (non-hydrogen) atoms. The zero-order chi connectivity index (χ0) is 20.7. The number of carbonyl (C=O) groups is 3. The van der Waals surface area contributed by atoms with Gasteiger partial charge < -0.3 is 15.5 Å². The predicted molar refractivity (Wildman–Crippen MR) is 111 cm³/mol. The van der Waals surface area contributed by atoms with Crippen LogP contribution in [-0.4, -0.2) is 48.3 Å². The standard InChI is InChI=1S/C23H30N4O3/c28-20-4-3-19(21(29)26-20)27-14-16-11-15(1-2-18(16)22(27)30)12-25-13-17-5-6-23(17)7-9-24-10-8-23/h1-2,11,17,19,24-25H,3-10,12-14H2,(H,26,28,29). The summed E-state index contributed by atoms with van der Waals surface area (Å²) in [6.45, 7) is 4.59. The third-order valence-electron chi connectivity index (χ3n) is 7.76. The molecule has 3 fully saturated rings. The highest BCUT2D eigenvalue weighted by molar-refractivity contribution is 6.05. The Morgan fingerprint density at radius 2 is 1.93 bits per heavy atom. The zero-order valence-corrected chi connectivity index (χ0v) is 17.3. The number of nitrogens with one attached hydrogen (secondary N) is 3. The highest BCUT2D eigenvalue weighted by atomic mass is 16.2. The molecule has 0 bridgehead atoms. The number of hydrogen-bond acceptors (Lipinski definition) is 5. The first-order valence-corrected chi connectivity index (χ1v) is 11.2. The van der Waals surface area contributed by atoms with Crippen molar-refractivity contribution in [2.24, 2.45) is 11.3 Å². The SMILES string of the molecule is O=C1CCC(N2Cc3cc(CNCC4CCC45CCNCC5)ccc3C2=O)C(=O)N1. The van der Waals surface area contributed by atoms with Gasteiger partial charge in [0.1, 0.15) is 6.04 Å². The number of hydrogen-bond donors (Lipinski definition) is 3. The minimum atomic E-state index is -0.552. The monoisotopic (exact) mass is 410 g/mol. The minimum Gasteiger partial charge on any atom is -0.322 e. The Kier molecular flexibility index (Phi) is 5.11. The second kappa shape index (κ2) is 7.78. The molecule has 3 aliphatic heterocycles. The Labute approximate surface area is 177 Å². The Morgan fingerprint density at radius 1 is 1.10 bits per heavy atom. The Balaban J connectivity index is 1.19. The average Bonchev–Trinajstić information content (AvgIpc) is 3.06. The molecule has 2 unspecified atom stereocenters. The van der Waals surface area contributed by atoms with Crippen LogP contribution in [-0.2, 0) is 22.7 Å². The summed E-state index contributed by atoms with van der Waals surface area (Å²) in [7, 11) is 0. The molecule has 1 aromatic carbocycles. The van der Waals surface area contributed by atoms with E-state index in [1.807, 2.05) is 12.1 Å². The summed E-state index contributed by atoms with van der Waals surface area (Å²) >= 11 is 0. The Hall–Kier alpha value is -2.25. The van der Waals surface area contributed by atoms with E-state index in [9.17, 15) is 14.4 Å². The molecule has 2 saturated heterocycles. The fourth-order valence-electron chi connectivity index (χ4n) is 5.79. The molecule has 7 nitrogen and oxygen atoms in total. The lowest BCUT2D eigenvalue weighted by molar-refractivity contribution is -0.136. The third-order valence-corrected chi connectivity index (χ3v) is 7.76. The fourth-order valence-corrected chi connectivity index (χ4v) is 5.79. The molecule has 1 saturated carbocycles. The maximum absolute atomic E-state index is 12.8. The number of fused-ring (bicyclic) bond motifs is 1. The average molecular weight is 411 g/mol. The van der Waals surface area contributed by atoms with Crippen LogP contribution in [0.1, 0.15) is 60.0 Å². The van der Waals surface area contributed by atoms with Crippen molar-refractivity contribution < 1.29 is 14.4 Å². The number of benzene rings is 1. The van der Waals surface area contributed by atoms with Crippen molar-refractivity contribution in [3.05, 3.63) is 34.9 Å². The molecule has 1 spiro atoms. The van der Waals surface area contributed by atoms with Gasteiger partial charge in [-0.05, 0) is 80.3 Å². The van der Waals surface area contributed by atoms with E-state index in [0.29, 0.717) is 23.9 Å². The van der Waals surface area contributed by atoms with Gasteiger partial charge in [0, 0.05) is 25.1 Å². The molecule has 0 radical (unpaired) electrons. The second-order valence-electron chi connectivity index (χ2n) is 9.37. The van der Waals surface area contributed by atoms with Crippen molar-refractivity contribution in [3.8, 4) is 0 Å². The highest BCUT2D eigenvalue weighted by Gasteiger charge is 2.46. The van der Waals surface area contributed by atoms with Crippen molar-refractivity contribution in [1.82, 2.24) is 20.9 Å². The molecule has 5 rings (SSSR count). The largest absolute Gasteiger partial charge is 0.322 e. The van der Waals surface area contributed by atoms with Gasteiger partial charge in [0.05, 0.1) is 0 Å². The molecule has 1 aromatic rings. The number of carbonyl (C=O) groups excluding carboxylic acids is 3. The molecule has 1 aliphatic carbocycles. The van der Waals surface area contributed by atoms with Crippen molar-refractivity contribution in [1.29, 1.82) is 0 Å². The molecule has 3 heterocycles. The molecule has 0 aromatic heterocycles. The molecule has 160 valence electrons. The second-order valence-corrected chi connectivity index (χ2v) is 9.37. The van der Waals surface area contributed by atoms with Gasteiger partial charge in [-0.15, -0.1) is 0 Å². The van der Waals surface area contributed by atoms with Crippen molar-refractivity contribution in [3.63, 3.8) is 0 Å². The first-order valence-electron chi connectivity index (χ1n) is 11.2. The number of nitrogens with zero attached hydrogens (tertiary/aromatic N) is 1. The lowest BCUT2D eigenvalue weighted by atomic mass is 9.56. The topological polar surface area (TPSA) is 90.5 Å². The molecule has 2 atom stereocenters. The maximum atomic E-state index is 12.8. The third kappa shape index (κ3) is 3.44. The number of imide groups is 1. The van der Waals surface area contributed by atoms with Gasteiger partial charge >= 0.3 is 0 Å². The molecule has 3 amide bonds. The van der Waals surface area contributed by atoms with E-state index in [-0.39, 0.29) is 24.1 Å². The van der Waals surface area contributed by atoms with Crippen LogP contribution in [0.4, 0.5) is 0 Å². The van der Waals surface area contributed by atoms with Crippen LogP contribution in [0.2, 0.25) is 0 Å². The van der Waals surface area contributed by atoms with Crippen LogP contribution in [0.3, 0.4) is 0 Å². The summed E-state index contributed by atoms with van der Waals surface area (Å²) in [4.78, 5) is 38.0. The van der Waals surface area contributed by atoms with E-state index in [2.05, 4.69) is 22.0 Å². The molecular weight excluding hydrogens is 380 g/mol. The lowest BCUT2D eigenvalue weighted by Crippen LogP contribution is -2.52. The van der Waals surface area contributed by atoms with E-state index in [1.54, 1.807) is 4.90 Å². The van der Waals surface area contributed by atoms with Crippen molar-refractivity contribution in [2.45, 2.75) is 57.7 Å². The van der Waals surface area contributed by atoms with Gasteiger partial charge in [0.2, 0.25) is 11.8 Å². The summed E-state index contributed by atoms with van der Waals surface area (Å²) in [6, 6.07) is 5.44. The van der Waals surface area contributed by atoms with E-state index in [1.165, 1.54) is 31.2 Å². The molecule has 3 N–H and O–H groups in total. The number of piperidine rings is 2. The van der Waals surface area contributed by atoms with Crippen LogP contribution in [0.5, 0.6) is 0 Å². The number of amides is 3. The van der Waals surface area contributed by atoms with E-state index < -0.39 is 6.04 Å². The predicted octanol–water partition coefficient (Wildman–Crippen LogP) is 1.32. The van der Waals surface area contributed by atoms with Crippen LogP contribution < -0.4 is 16.0 Å². The van der Waals surface area contributed by atoms with Crippen LogP contribution in [0, 0.1) is 11.3 Å². The molecule has 7 heteroatoms. The normalized spacial score (nSPS) is 27.7. The number of rotatable bonds is 5. The van der Waals surface area contributed by atoms with Gasteiger partial charge in [0.15, 0.2) is 0 Å². The van der Waals surface area contributed by atoms with E-state index >= 15 is 0 Å². The van der Waals surface area contributed by atoms with E-state index in [0.717, 1.165) is 37.7 Å². The van der Waals surface area contributed by atoms with Gasteiger partial charge in [-0.1, -0.05) is 12.1 Å². The summed E-state index contributed by atoms with van der Waals surface area (Å²) in [5.74, 6) is 0.0492. The van der Waals surface area contributed by atoms with Crippen molar-refractivity contribution in [2.75, 3.05) is 19.6 Å². The smallest absolute Gasteiger partial charge is 0.255 e. The first kappa shape index (κ1) is 19.7. The van der Waals surface area contributed by atoms with Gasteiger partial charge in [-0.25, -0.2) is 0 Å². The van der Waals surface area contributed by atoms with Gasteiger partial charge in [-0.2, -0.15) is 0 Å². The lowest BCUT2D eigenvalue weighted by Gasteiger charge is -2.52. The highest BCUT2D eigenvalue weighted by Crippen LogP contribution is 2.52. The summed E-state index contributed by atoms with van der Waals surface area (Å²) in [5.41, 5.74) is 3.38. The first-order chi connectivity index (χ1) is 14.6. The van der Waals surface area contributed by atoms with E-state index in [4.69, 9.17) is 0 Å². The van der Waals surface area contributed by atoms with Gasteiger partial charge in [-0.3, -0.25) is 19.7 Å². The molecule has 4 aliphatic rings. The van der Waals surface area contributed by atoms with Crippen molar-refractivity contribution >= 4 is 17.7 Å². The molecular formula is C23H30N4O3. The Bertz CT molecular complexity index is 877. The fraction of sp³-hybridized carbons (Fsp3) is 0.609. The summed E-state index contributed by atoms with van der Waals surface area (Å²) in [6.07, 6.45) is 5.99. The maximum Gasteiger partial charge on any atom is 0.255 e. The zero-order valence-electron chi connectivity index (χ0n) is 17.3.